The third kappa shape index (κ3) is 5.46. The van der Waals surface area contributed by atoms with Gasteiger partial charge in [0.1, 0.15) is 0 Å². The van der Waals surface area contributed by atoms with Crippen molar-refractivity contribution in [1.29, 1.82) is 0 Å². The molecule has 39 heavy (non-hydrogen) atoms. The first kappa shape index (κ1) is 30.5. The lowest BCUT2D eigenvalue weighted by Crippen LogP contribution is -2.55. The lowest BCUT2D eigenvalue weighted by molar-refractivity contribution is -0.145. The van der Waals surface area contributed by atoms with Crippen LogP contribution in [0.25, 0.3) is 0 Å². The molecule has 0 amide bonds. The van der Waals surface area contributed by atoms with Crippen LogP contribution < -0.4 is 0 Å². The number of hydrogen-bond donors (Lipinski definition) is 0. The van der Waals surface area contributed by atoms with Gasteiger partial charge in [-0.05, 0) is 177 Å². The molecule has 5 rings (SSSR count). The van der Waals surface area contributed by atoms with Crippen LogP contribution in [0.3, 0.4) is 0 Å². The molecule has 0 radical (unpaired) electrons. The molecule has 0 aromatic rings. The first-order chi connectivity index (χ1) is 18.1. The summed E-state index contributed by atoms with van der Waals surface area (Å²) in [4.78, 5) is 0. The summed E-state index contributed by atoms with van der Waals surface area (Å²) in [7, 11) is 0. The molecule has 0 unspecified atom stereocenters. The molecule has 0 aromatic carbocycles. The van der Waals surface area contributed by atoms with Crippen LogP contribution in [-0.2, 0) is 0 Å². The first-order valence-electron chi connectivity index (χ1n) is 18.1. The van der Waals surface area contributed by atoms with Crippen molar-refractivity contribution in [2.75, 3.05) is 0 Å². The molecule has 0 N–H and O–H groups in total. The monoisotopic (exact) mass is 539 g/mol. The highest BCUT2D eigenvalue weighted by molar-refractivity contribution is 5.11. The maximum absolute atomic E-state index is 2.80. The Hall–Kier alpha value is 0. The Bertz CT molecular complexity index is 837. The molecule has 226 valence electrons. The van der Waals surface area contributed by atoms with Gasteiger partial charge in [-0.3, -0.25) is 0 Å². The standard InChI is InChI=1S/C39H70/c1-27(2)25-29-16-20-36(7,21-17-29)19-15-28(3)32-13-14-33-31-12-11-30-26-37(8,35(4,5)6)23-24-38(30,9)34(31)18-22-39(32,33)10/h27-34H,11-26H2,1-10H3/t28-,29?,30+,31+,32-,33+,34+,36?,37-,38+,39-/m1/s1. The summed E-state index contributed by atoms with van der Waals surface area (Å²) in [5.41, 5.74) is 2.87. The highest BCUT2D eigenvalue weighted by Gasteiger charge is 2.62. The maximum atomic E-state index is 2.80. The maximum Gasteiger partial charge on any atom is -0.0264 e. The predicted octanol–water partition coefficient (Wildman–Crippen LogP) is 12.4. The van der Waals surface area contributed by atoms with Crippen molar-refractivity contribution in [3.05, 3.63) is 0 Å². The highest BCUT2D eigenvalue weighted by Crippen LogP contribution is 2.70. The van der Waals surface area contributed by atoms with E-state index in [0.29, 0.717) is 27.1 Å². The second-order valence-electron chi connectivity index (χ2n) is 19.3. The van der Waals surface area contributed by atoms with Crippen molar-refractivity contribution in [3.8, 4) is 0 Å². The van der Waals surface area contributed by atoms with Gasteiger partial charge in [0.05, 0.1) is 0 Å². The molecule has 9 atom stereocenters. The van der Waals surface area contributed by atoms with E-state index >= 15 is 0 Å². The van der Waals surface area contributed by atoms with Gasteiger partial charge in [0, 0.05) is 0 Å². The highest BCUT2D eigenvalue weighted by atomic mass is 14.7. The van der Waals surface area contributed by atoms with E-state index in [0.717, 1.165) is 47.3 Å². The molecule has 0 aliphatic heterocycles. The smallest absolute Gasteiger partial charge is 0.0264 e. The minimum Gasteiger partial charge on any atom is -0.0628 e. The Balaban J connectivity index is 1.20. The fraction of sp³-hybridized carbons (Fsp3) is 1.00. The van der Waals surface area contributed by atoms with E-state index in [1.165, 1.54) is 70.6 Å². The summed E-state index contributed by atoms with van der Waals surface area (Å²) in [6.07, 6.45) is 24.2. The van der Waals surface area contributed by atoms with E-state index in [1.54, 1.807) is 32.1 Å². The van der Waals surface area contributed by atoms with Crippen LogP contribution in [0.4, 0.5) is 0 Å². The van der Waals surface area contributed by atoms with Crippen molar-refractivity contribution >= 4 is 0 Å². The quantitative estimate of drug-likeness (QED) is 0.315. The first-order valence-corrected chi connectivity index (χ1v) is 18.1. The van der Waals surface area contributed by atoms with Gasteiger partial charge in [-0.15, -0.1) is 0 Å². The molecule has 0 heteroatoms. The number of hydrogen-bond acceptors (Lipinski definition) is 0. The topological polar surface area (TPSA) is 0 Å². The van der Waals surface area contributed by atoms with Gasteiger partial charge in [0.25, 0.3) is 0 Å². The van der Waals surface area contributed by atoms with Crippen molar-refractivity contribution in [3.63, 3.8) is 0 Å². The van der Waals surface area contributed by atoms with E-state index in [-0.39, 0.29) is 0 Å². The van der Waals surface area contributed by atoms with E-state index < -0.39 is 0 Å². The van der Waals surface area contributed by atoms with Crippen LogP contribution in [0.5, 0.6) is 0 Å². The third-order valence-corrected chi connectivity index (χ3v) is 15.9. The normalized spacial score (nSPS) is 49.3. The molecule has 0 spiro atoms. The molecule has 0 nitrogen and oxygen atoms in total. The SMILES string of the molecule is CC(C)CC1CCC(C)(CC[C@@H](C)[C@H]2CC[C@H]3[C@@H]4CC[C@H]5C[C@](C)(C(C)(C)C)CC[C@]5(C)[C@H]4CC[C@]23C)CC1. The fourth-order valence-electron chi connectivity index (χ4n) is 12.4. The zero-order valence-electron chi connectivity index (χ0n) is 28.4. The van der Waals surface area contributed by atoms with Crippen molar-refractivity contribution in [1.82, 2.24) is 0 Å². The van der Waals surface area contributed by atoms with E-state index in [2.05, 4.69) is 69.2 Å². The summed E-state index contributed by atoms with van der Waals surface area (Å²) >= 11 is 0. The Kier molecular flexibility index (Phi) is 8.29. The van der Waals surface area contributed by atoms with Gasteiger partial charge in [0.15, 0.2) is 0 Å². The largest absolute Gasteiger partial charge is 0.0628 e. The van der Waals surface area contributed by atoms with E-state index in [9.17, 15) is 0 Å². The second-order valence-corrected chi connectivity index (χ2v) is 19.3. The Labute approximate surface area is 246 Å². The molecule has 5 aliphatic carbocycles. The van der Waals surface area contributed by atoms with Gasteiger partial charge in [-0.25, -0.2) is 0 Å². The molecule has 5 fully saturated rings. The minimum atomic E-state index is 0.440. The summed E-state index contributed by atoms with van der Waals surface area (Å²) in [5.74, 6) is 7.88. The van der Waals surface area contributed by atoms with Crippen LogP contribution >= 0.6 is 0 Å². The molecule has 5 saturated carbocycles. The zero-order chi connectivity index (χ0) is 28.4. The van der Waals surface area contributed by atoms with Gasteiger partial charge < -0.3 is 0 Å². The lowest BCUT2D eigenvalue weighted by atomic mass is 9.41. The summed E-state index contributed by atoms with van der Waals surface area (Å²) in [5, 5.41) is 0. The molecular formula is C39H70. The average Bonchev–Trinajstić information content (AvgIpc) is 3.21. The van der Waals surface area contributed by atoms with Crippen LogP contribution in [0.15, 0.2) is 0 Å². The van der Waals surface area contributed by atoms with Crippen LogP contribution in [0, 0.1) is 74.4 Å². The third-order valence-electron chi connectivity index (χ3n) is 15.9. The van der Waals surface area contributed by atoms with Crippen molar-refractivity contribution < 1.29 is 0 Å². The Morgan fingerprint density at radius 3 is 2.00 bits per heavy atom. The molecule has 5 aliphatic rings. The predicted molar refractivity (Wildman–Crippen MR) is 171 cm³/mol. The average molecular weight is 539 g/mol. The fourth-order valence-corrected chi connectivity index (χ4v) is 12.4. The van der Waals surface area contributed by atoms with Crippen molar-refractivity contribution in [2.45, 2.75) is 172 Å². The van der Waals surface area contributed by atoms with Gasteiger partial charge in [0.2, 0.25) is 0 Å². The van der Waals surface area contributed by atoms with Crippen LogP contribution in [0.2, 0.25) is 0 Å². The van der Waals surface area contributed by atoms with Crippen LogP contribution in [0.1, 0.15) is 172 Å². The van der Waals surface area contributed by atoms with Crippen LogP contribution in [-0.4, -0.2) is 0 Å². The molecule has 0 aromatic heterocycles. The number of fused-ring (bicyclic) bond motifs is 5. The van der Waals surface area contributed by atoms with Gasteiger partial charge in [-0.1, -0.05) is 69.2 Å². The summed E-state index contributed by atoms with van der Waals surface area (Å²) in [6, 6.07) is 0. The minimum absolute atomic E-state index is 0.440. The molecular weight excluding hydrogens is 468 g/mol. The number of rotatable bonds is 6. The van der Waals surface area contributed by atoms with E-state index in [4.69, 9.17) is 0 Å². The Morgan fingerprint density at radius 2 is 1.36 bits per heavy atom. The molecule has 0 bridgehead atoms. The lowest BCUT2D eigenvalue weighted by Gasteiger charge is -2.64. The van der Waals surface area contributed by atoms with E-state index in [1.807, 2.05) is 0 Å². The van der Waals surface area contributed by atoms with Gasteiger partial charge in [-0.2, -0.15) is 0 Å². The van der Waals surface area contributed by atoms with Gasteiger partial charge >= 0.3 is 0 Å². The molecule has 0 saturated heterocycles. The molecule has 0 heterocycles. The van der Waals surface area contributed by atoms with Crippen molar-refractivity contribution in [2.24, 2.45) is 74.4 Å². The zero-order valence-corrected chi connectivity index (χ0v) is 28.4. The second kappa shape index (κ2) is 10.6. The Morgan fingerprint density at radius 1 is 0.692 bits per heavy atom. The summed E-state index contributed by atoms with van der Waals surface area (Å²) in [6.45, 7) is 26.0. The summed E-state index contributed by atoms with van der Waals surface area (Å²) < 4.78 is 0.